The summed E-state index contributed by atoms with van der Waals surface area (Å²) in [7, 11) is 0. The molecule has 0 radical (unpaired) electrons. The maximum absolute atomic E-state index is 12.2. The molecule has 8 heteroatoms. The lowest BCUT2D eigenvalue weighted by Gasteiger charge is -2.11. The Bertz CT molecular complexity index is 1090. The summed E-state index contributed by atoms with van der Waals surface area (Å²) in [6.07, 6.45) is 0.981. The lowest BCUT2D eigenvalue weighted by Crippen LogP contribution is -2.34. The number of aromatic amines is 1. The molecular formula is C21H23N5O3. The van der Waals surface area contributed by atoms with Gasteiger partial charge in [0.15, 0.2) is 5.96 Å². The van der Waals surface area contributed by atoms with E-state index in [1.807, 2.05) is 24.3 Å². The maximum atomic E-state index is 12.2. The summed E-state index contributed by atoms with van der Waals surface area (Å²) in [5, 5.41) is 1.49. The largest absolute Gasteiger partial charge is 0.425 e. The van der Waals surface area contributed by atoms with Gasteiger partial charge in [0, 0.05) is 17.6 Å². The lowest BCUT2D eigenvalue weighted by atomic mass is 10.1. The molecule has 1 aromatic heterocycles. The number of esters is 1. The number of fused-ring (bicyclic) bond motifs is 1. The van der Waals surface area contributed by atoms with E-state index in [2.05, 4.69) is 9.98 Å². The number of H-pyrrole nitrogens is 1. The number of aromatic nitrogens is 1. The van der Waals surface area contributed by atoms with Crippen LogP contribution < -0.4 is 27.5 Å². The molecule has 0 aliphatic heterocycles. The molecular weight excluding hydrogens is 370 g/mol. The minimum absolute atomic E-state index is 0.00833. The molecule has 7 N–H and O–H groups in total. The Morgan fingerprint density at radius 1 is 1.10 bits per heavy atom. The molecule has 0 aliphatic carbocycles. The summed E-state index contributed by atoms with van der Waals surface area (Å²) in [4.78, 5) is 31.1. The molecule has 0 saturated heterocycles. The minimum Gasteiger partial charge on any atom is -0.425 e. The molecule has 0 amide bonds. The number of carbonyl (C=O) groups is 1. The Morgan fingerprint density at radius 2 is 1.83 bits per heavy atom. The van der Waals surface area contributed by atoms with Gasteiger partial charge in [0.05, 0.1) is 0 Å². The first-order chi connectivity index (χ1) is 13.9. The van der Waals surface area contributed by atoms with E-state index in [1.165, 1.54) is 0 Å². The molecule has 2 aromatic carbocycles. The smallest absolute Gasteiger partial charge is 0.328 e. The second-order valence-electron chi connectivity index (χ2n) is 6.60. The van der Waals surface area contributed by atoms with Crippen molar-refractivity contribution in [1.82, 2.24) is 4.98 Å². The number of hydrogen-bond acceptors (Lipinski definition) is 5. The van der Waals surface area contributed by atoms with Crippen molar-refractivity contribution in [1.29, 1.82) is 0 Å². The van der Waals surface area contributed by atoms with Crippen LogP contribution in [-0.4, -0.2) is 29.5 Å². The van der Waals surface area contributed by atoms with Gasteiger partial charge in [0.25, 0.3) is 5.56 Å². The van der Waals surface area contributed by atoms with Crippen molar-refractivity contribution < 1.29 is 9.53 Å². The fourth-order valence-electron chi connectivity index (χ4n) is 2.90. The van der Waals surface area contributed by atoms with Gasteiger partial charge in [-0.1, -0.05) is 18.2 Å². The highest BCUT2D eigenvalue weighted by atomic mass is 16.5. The van der Waals surface area contributed by atoms with Crippen LogP contribution >= 0.6 is 0 Å². The van der Waals surface area contributed by atoms with Crippen LogP contribution in [0, 0.1) is 0 Å². The van der Waals surface area contributed by atoms with Crippen LogP contribution in [0.3, 0.4) is 0 Å². The SMILES string of the molecule is NC(N)=NCCCC(N)C(=O)Oc1ccc(-c2cc3ccccc3c(=O)[nH]2)cc1. The number of benzene rings is 2. The summed E-state index contributed by atoms with van der Waals surface area (Å²) in [5.74, 6) is -0.142. The van der Waals surface area contributed by atoms with E-state index < -0.39 is 12.0 Å². The van der Waals surface area contributed by atoms with Gasteiger partial charge in [-0.3, -0.25) is 9.79 Å². The molecule has 1 unspecified atom stereocenters. The van der Waals surface area contributed by atoms with Crippen LogP contribution in [0.2, 0.25) is 0 Å². The van der Waals surface area contributed by atoms with E-state index in [9.17, 15) is 9.59 Å². The van der Waals surface area contributed by atoms with Crippen molar-refractivity contribution in [2.45, 2.75) is 18.9 Å². The van der Waals surface area contributed by atoms with Crippen molar-refractivity contribution in [3.63, 3.8) is 0 Å². The van der Waals surface area contributed by atoms with Crippen LogP contribution in [-0.2, 0) is 4.79 Å². The van der Waals surface area contributed by atoms with E-state index in [0.29, 0.717) is 36.2 Å². The summed E-state index contributed by atoms with van der Waals surface area (Å²) < 4.78 is 5.32. The number of aliphatic imine (C=N–C) groups is 1. The van der Waals surface area contributed by atoms with Crippen LogP contribution in [0.5, 0.6) is 5.75 Å². The molecule has 29 heavy (non-hydrogen) atoms. The van der Waals surface area contributed by atoms with Crippen molar-refractivity contribution in [2.75, 3.05) is 6.54 Å². The zero-order valence-corrected chi connectivity index (χ0v) is 15.8. The van der Waals surface area contributed by atoms with E-state index in [0.717, 1.165) is 10.9 Å². The van der Waals surface area contributed by atoms with Crippen molar-refractivity contribution >= 4 is 22.7 Å². The molecule has 0 fully saturated rings. The van der Waals surface area contributed by atoms with E-state index in [1.54, 1.807) is 30.3 Å². The first kappa shape index (κ1) is 20.1. The summed E-state index contributed by atoms with van der Waals surface area (Å²) >= 11 is 0. The Morgan fingerprint density at radius 3 is 2.55 bits per heavy atom. The van der Waals surface area contributed by atoms with Gasteiger partial charge in [-0.15, -0.1) is 0 Å². The summed E-state index contributed by atoms with van der Waals surface area (Å²) in [5.41, 5.74) is 17.7. The van der Waals surface area contributed by atoms with E-state index in [4.69, 9.17) is 21.9 Å². The third-order valence-electron chi connectivity index (χ3n) is 4.41. The van der Waals surface area contributed by atoms with Gasteiger partial charge in [-0.05, 0) is 60.2 Å². The summed E-state index contributed by atoms with van der Waals surface area (Å²) in [6.45, 7) is 0.405. The normalized spacial score (nSPS) is 11.8. The summed E-state index contributed by atoms with van der Waals surface area (Å²) in [6, 6.07) is 15.4. The standard InChI is InChI=1S/C21H23N5O3/c22-17(6-3-11-25-21(23)24)20(28)29-15-9-7-13(8-10-15)18-12-14-4-1-2-5-16(14)19(27)26-18/h1-2,4-5,7-10,12,17H,3,6,11,22H2,(H,26,27)(H4,23,24,25). The Balaban J connectivity index is 1.65. The van der Waals surface area contributed by atoms with Crippen LogP contribution in [0.15, 0.2) is 64.4 Å². The maximum Gasteiger partial charge on any atom is 0.328 e. The van der Waals surface area contributed by atoms with Gasteiger partial charge in [0.1, 0.15) is 11.8 Å². The topological polar surface area (TPSA) is 150 Å². The average Bonchev–Trinajstić information content (AvgIpc) is 2.71. The predicted molar refractivity (Wildman–Crippen MR) is 114 cm³/mol. The average molecular weight is 393 g/mol. The highest BCUT2D eigenvalue weighted by molar-refractivity contribution is 5.85. The monoisotopic (exact) mass is 393 g/mol. The predicted octanol–water partition coefficient (Wildman–Crippen LogP) is 1.48. The van der Waals surface area contributed by atoms with Gasteiger partial charge < -0.3 is 26.9 Å². The third-order valence-corrected chi connectivity index (χ3v) is 4.41. The Hall–Kier alpha value is -3.65. The van der Waals surface area contributed by atoms with Crippen molar-refractivity contribution in [3.05, 3.63) is 65.0 Å². The van der Waals surface area contributed by atoms with Crippen LogP contribution in [0.1, 0.15) is 12.8 Å². The third kappa shape index (κ3) is 5.20. The van der Waals surface area contributed by atoms with Crippen molar-refractivity contribution in [3.8, 4) is 17.0 Å². The molecule has 3 aromatic rings. The second-order valence-corrected chi connectivity index (χ2v) is 6.60. The van der Waals surface area contributed by atoms with Gasteiger partial charge >= 0.3 is 5.97 Å². The number of nitrogens with two attached hydrogens (primary N) is 3. The molecule has 3 rings (SSSR count). The number of hydrogen-bond donors (Lipinski definition) is 4. The molecule has 0 aliphatic rings. The van der Waals surface area contributed by atoms with Crippen molar-refractivity contribution in [2.24, 2.45) is 22.2 Å². The highest BCUT2D eigenvalue weighted by Crippen LogP contribution is 2.23. The van der Waals surface area contributed by atoms with E-state index in [-0.39, 0.29) is 11.5 Å². The first-order valence-electron chi connectivity index (χ1n) is 9.19. The van der Waals surface area contributed by atoms with E-state index >= 15 is 0 Å². The quantitative estimate of drug-likeness (QED) is 0.157. The van der Waals surface area contributed by atoms with Gasteiger partial charge in [0.2, 0.25) is 0 Å². The lowest BCUT2D eigenvalue weighted by molar-refractivity contribution is -0.136. The Kier molecular flexibility index (Phi) is 6.25. The number of rotatable bonds is 7. The zero-order chi connectivity index (χ0) is 20.8. The Labute approximate surface area is 167 Å². The fraction of sp³-hybridized carbons (Fsp3) is 0.190. The molecule has 0 saturated carbocycles. The molecule has 0 spiro atoms. The zero-order valence-electron chi connectivity index (χ0n) is 15.8. The molecule has 150 valence electrons. The number of pyridine rings is 1. The first-order valence-corrected chi connectivity index (χ1v) is 9.19. The number of guanidine groups is 1. The molecule has 8 nitrogen and oxygen atoms in total. The molecule has 1 atom stereocenters. The number of ether oxygens (including phenoxy) is 1. The van der Waals surface area contributed by atoms with Crippen LogP contribution in [0.25, 0.3) is 22.0 Å². The molecule has 0 bridgehead atoms. The highest BCUT2D eigenvalue weighted by Gasteiger charge is 2.15. The van der Waals surface area contributed by atoms with Gasteiger partial charge in [-0.2, -0.15) is 0 Å². The fourth-order valence-corrected chi connectivity index (χ4v) is 2.90. The number of nitrogens with zero attached hydrogens (tertiary/aromatic N) is 1. The number of nitrogens with one attached hydrogen (secondary N) is 1. The minimum atomic E-state index is -0.763. The second kappa shape index (κ2) is 9.03. The van der Waals surface area contributed by atoms with Gasteiger partial charge in [-0.25, -0.2) is 4.79 Å². The molecule has 1 heterocycles. The van der Waals surface area contributed by atoms with Crippen LogP contribution in [0.4, 0.5) is 0 Å². The number of carbonyl (C=O) groups excluding carboxylic acids is 1.